The zero-order chi connectivity index (χ0) is 28.0. The second-order valence-corrected chi connectivity index (χ2v) is 10.4. The summed E-state index contributed by atoms with van der Waals surface area (Å²) in [6.07, 6.45) is 1.73. The summed E-state index contributed by atoms with van der Waals surface area (Å²) in [6.45, 7) is 0. The Morgan fingerprint density at radius 3 is 2.33 bits per heavy atom. The molecular weight excluding hydrogens is 524 g/mol. The molecule has 0 unspecified atom stereocenters. The third-order valence-electron chi connectivity index (χ3n) is 6.15. The van der Waals surface area contributed by atoms with Crippen LogP contribution in [-0.4, -0.2) is 49.4 Å². The van der Waals surface area contributed by atoms with Gasteiger partial charge in [-0.05, 0) is 29.7 Å². The maximum absolute atomic E-state index is 13.5. The Hall–Kier alpha value is -4.55. The van der Waals surface area contributed by atoms with E-state index in [4.69, 9.17) is 4.74 Å². The van der Waals surface area contributed by atoms with Gasteiger partial charge in [-0.2, -0.15) is 4.72 Å². The average molecular weight is 551 g/mol. The number of hydrogen-bond donors (Lipinski definition) is 3. The lowest BCUT2D eigenvalue weighted by molar-refractivity contribution is -0.387. The molecule has 3 aromatic carbocycles. The molecule has 1 aromatic heterocycles. The number of fused-ring (bicyclic) bond motifs is 1. The number of carbonyl (C=O) groups excluding carboxylic acids is 2. The number of benzene rings is 3. The van der Waals surface area contributed by atoms with E-state index in [1.165, 1.54) is 19.2 Å². The number of aromatic amines is 1. The van der Waals surface area contributed by atoms with Crippen LogP contribution in [0.4, 0.5) is 5.69 Å². The number of carbonyl (C=O) groups is 2. The summed E-state index contributed by atoms with van der Waals surface area (Å²) in [6, 6.07) is 18.4. The zero-order valence-corrected chi connectivity index (χ0v) is 21.7. The average Bonchev–Trinajstić information content (AvgIpc) is 3.35. The maximum atomic E-state index is 13.5. The second kappa shape index (κ2) is 11.9. The summed E-state index contributed by atoms with van der Waals surface area (Å²) >= 11 is 0. The van der Waals surface area contributed by atoms with Gasteiger partial charge >= 0.3 is 5.97 Å². The van der Waals surface area contributed by atoms with Gasteiger partial charge in [-0.15, -0.1) is 0 Å². The minimum Gasteiger partial charge on any atom is -0.467 e. The predicted octanol–water partition coefficient (Wildman–Crippen LogP) is 2.87. The number of nitro groups is 1. The van der Waals surface area contributed by atoms with Crippen LogP contribution in [-0.2, 0) is 37.2 Å². The van der Waals surface area contributed by atoms with Crippen LogP contribution in [0.2, 0.25) is 0 Å². The van der Waals surface area contributed by atoms with Gasteiger partial charge in [0.05, 0.1) is 12.0 Å². The molecule has 0 saturated heterocycles. The van der Waals surface area contributed by atoms with Crippen molar-refractivity contribution in [3.63, 3.8) is 0 Å². The highest BCUT2D eigenvalue weighted by atomic mass is 32.2. The predicted molar refractivity (Wildman–Crippen MR) is 143 cm³/mol. The number of nitrogens with one attached hydrogen (secondary N) is 3. The summed E-state index contributed by atoms with van der Waals surface area (Å²) in [5.74, 6) is -1.51. The Bertz CT molecular complexity index is 1600. The van der Waals surface area contributed by atoms with Crippen LogP contribution in [0.1, 0.15) is 11.1 Å². The Balaban J connectivity index is 1.64. The lowest BCUT2D eigenvalue weighted by atomic mass is 10.0. The molecule has 0 aliphatic carbocycles. The number of hydrogen-bond acceptors (Lipinski definition) is 7. The number of esters is 1. The van der Waals surface area contributed by atoms with Crippen LogP contribution in [0.25, 0.3) is 10.9 Å². The van der Waals surface area contributed by atoms with E-state index < -0.39 is 49.5 Å². The molecule has 39 heavy (non-hydrogen) atoms. The van der Waals surface area contributed by atoms with Crippen LogP contribution in [0.3, 0.4) is 0 Å². The van der Waals surface area contributed by atoms with Crippen LogP contribution >= 0.6 is 0 Å². The number of nitrogens with zero attached hydrogens (tertiary/aromatic N) is 1. The number of ether oxygens (including phenoxy) is 1. The summed E-state index contributed by atoms with van der Waals surface area (Å²) in [4.78, 5) is 39.3. The van der Waals surface area contributed by atoms with E-state index in [1.807, 2.05) is 24.3 Å². The molecule has 1 amide bonds. The first-order valence-electron chi connectivity index (χ1n) is 11.9. The van der Waals surface area contributed by atoms with E-state index >= 15 is 0 Å². The summed E-state index contributed by atoms with van der Waals surface area (Å²) in [5.41, 5.74) is 1.60. The SMILES string of the molecule is COC(=O)[C@H](Cc1c[nH]c2ccccc12)NC(=O)[C@H](Cc1ccccc1)NS(=O)(=O)c1ccccc1[N+](=O)[O-]. The molecule has 4 rings (SSSR count). The van der Waals surface area contributed by atoms with Crippen molar-refractivity contribution in [2.24, 2.45) is 0 Å². The highest BCUT2D eigenvalue weighted by Gasteiger charge is 2.33. The molecule has 1 heterocycles. The largest absolute Gasteiger partial charge is 0.467 e. The lowest BCUT2D eigenvalue weighted by Crippen LogP contribution is -2.53. The Morgan fingerprint density at radius 1 is 0.949 bits per heavy atom. The van der Waals surface area contributed by atoms with Gasteiger partial charge in [-0.1, -0.05) is 60.7 Å². The van der Waals surface area contributed by atoms with Crippen LogP contribution in [0.15, 0.2) is 90.0 Å². The normalized spacial score (nSPS) is 12.9. The topological polar surface area (TPSA) is 160 Å². The summed E-state index contributed by atoms with van der Waals surface area (Å²) < 4.78 is 33.7. The van der Waals surface area contributed by atoms with Crippen molar-refractivity contribution < 1.29 is 27.7 Å². The smallest absolute Gasteiger partial charge is 0.328 e. The van der Waals surface area contributed by atoms with Crippen LogP contribution in [0.5, 0.6) is 0 Å². The van der Waals surface area contributed by atoms with Crippen molar-refractivity contribution in [2.45, 2.75) is 29.8 Å². The van der Waals surface area contributed by atoms with Gasteiger partial charge in [0.25, 0.3) is 5.69 Å². The summed E-state index contributed by atoms with van der Waals surface area (Å²) in [5, 5.41) is 14.9. The van der Waals surface area contributed by atoms with Crippen molar-refractivity contribution in [3.05, 3.63) is 106 Å². The molecule has 0 aliphatic heterocycles. The molecule has 0 fully saturated rings. The van der Waals surface area contributed by atoms with E-state index in [2.05, 4.69) is 15.0 Å². The molecule has 11 nitrogen and oxygen atoms in total. The number of nitro benzene ring substituents is 1. The van der Waals surface area contributed by atoms with E-state index in [0.717, 1.165) is 28.6 Å². The fraction of sp³-hybridized carbons (Fsp3) is 0.185. The fourth-order valence-corrected chi connectivity index (χ4v) is 5.62. The highest BCUT2D eigenvalue weighted by Crippen LogP contribution is 2.24. The van der Waals surface area contributed by atoms with Gasteiger partial charge < -0.3 is 15.0 Å². The number of aromatic nitrogens is 1. The quantitative estimate of drug-likeness (QED) is 0.147. The van der Waals surface area contributed by atoms with Gasteiger partial charge in [0, 0.05) is 29.6 Å². The van der Waals surface area contributed by atoms with Gasteiger partial charge in [-0.3, -0.25) is 14.9 Å². The third kappa shape index (κ3) is 6.48. The number of H-pyrrole nitrogens is 1. The maximum Gasteiger partial charge on any atom is 0.328 e. The third-order valence-corrected chi connectivity index (χ3v) is 7.67. The molecule has 0 spiro atoms. The van der Waals surface area contributed by atoms with Crippen LogP contribution < -0.4 is 10.0 Å². The number of sulfonamides is 1. The standard InChI is InChI=1S/C27H26N4O7S/c1-38-27(33)23(16-19-17-28-21-12-6-5-11-20(19)21)29-26(32)22(15-18-9-3-2-4-10-18)30-39(36,37)25-14-8-7-13-24(25)31(34)35/h2-14,17,22-23,28,30H,15-16H2,1H3,(H,29,32)/t22-,23-/m0/s1. The van der Waals surface area contributed by atoms with E-state index in [1.54, 1.807) is 36.5 Å². The van der Waals surface area contributed by atoms with Crippen molar-refractivity contribution in [1.29, 1.82) is 0 Å². The van der Waals surface area contributed by atoms with E-state index in [-0.39, 0.29) is 12.8 Å². The van der Waals surface area contributed by atoms with Crippen molar-refractivity contribution >= 4 is 38.5 Å². The Labute approximate surface area is 224 Å². The number of methoxy groups -OCH3 is 1. The fourth-order valence-electron chi connectivity index (χ4n) is 4.25. The molecule has 4 aromatic rings. The van der Waals surface area contributed by atoms with Crippen molar-refractivity contribution in [2.75, 3.05) is 7.11 Å². The van der Waals surface area contributed by atoms with Crippen molar-refractivity contribution in [3.8, 4) is 0 Å². The molecule has 2 atom stereocenters. The van der Waals surface area contributed by atoms with E-state index in [9.17, 15) is 28.1 Å². The van der Waals surface area contributed by atoms with Crippen molar-refractivity contribution in [1.82, 2.24) is 15.0 Å². The monoisotopic (exact) mass is 550 g/mol. The molecule has 3 N–H and O–H groups in total. The van der Waals surface area contributed by atoms with Gasteiger partial charge in [0.15, 0.2) is 4.90 Å². The molecular formula is C27H26N4O7S. The van der Waals surface area contributed by atoms with Gasteiger partial charge in [0.1, 0.15) is 12.1 Å². The number of rotatable bonds is 11. The molecule has 0 radical (unpaired) electrons. The first-order chi connectivity index (χ1) is 18.7. The lowest BCUT2D eigenvalue weighted by Gasteiger charge is -2.22. The second-order valence-electron chi connectivity index (χ2n) is 8.74. The highest BCUT2D eigenvalue weighted by molar-refractivity contribution is 7.89. The molecule has 0 aliphatic rings. The first-order valence-corrected chi connectivity index (χ1v) is 13.4. The van der Waals surface area contributed by atoms with E-state index in [0.29, 0.717) is 5.56 Å². The minimum atomic E-state index is -4.51. The molecule has 12 heteroatoms. The van der Waals surface area contributed by atoms with Gasteiger partial charge in [-0.25, -0.2) is 13.2 Å². The number of para-hydroxylation sites is 2. The number of amides is 1. The molecule has 202 valence electrons. The minimum absolute atomic E-state index is 0.0759. The summed E-state index contributed by atoms with van der Waals surface area (Å²) in [7, 11) is -3.32. The molecule has 0 saturated carbocycles. The Morgan fingerprint density at radius 2 is 1.62 bits per heavy atom. The zero-order valence-electron chi connectivity index (χ0n) is 20.9. The van der Waals surface area contributed by atoms with Gasteiger partial charge in [0.2, 0.25) is 15.9 Å². The first kappa shape index (κ1) is 27.5. The van der Waals surface area contributed by atoms with Crippen LogP contribution in [0, 0.1) is 10.1 Å². The molecule has 0 bridgehead atoms. The Kier molecular flexibility index (Phi) is 8.37.